The second kappa shape index (κ2) is 10.8. The molecule has 1 aliphatic carbocycles. The monoisotopic (exact) mass is 692 g/mol. The van der Waals surface area contributed by atoms with Gasteiger partial charge in [0.15, 0.2) is 0 Å². The minimum absolute atomic E-state index is 0.394. The molecule has 0 bridgehead atoms. The highest BCUT2D eigenvalue weighted by molar-refractivity contribution is 7.26. The first-order valence-corrected chi connectivity index (χ1v) is 19.4. The standard InChI is InChI=1S/C45H28N2S3/c1-3-12-29(13-4-1)46(30-14-5-2-6-15-30)31-16-11-17-32(28-31)47-39-20-9-8-19-35(39)45(37-24-26-48-43(37)44-38(45)25-27-49-44)36-23-22-34-33-18-7-10-21-40(33)50-42(34)41(36)47/h1-28H. The molecule has 0 radical (unpaired) electrons. The lowest BCUT2D eigenvalue weighted by atomic mass is 9.65. The van der Waals surface area contributed by atoms with Gasteiger partial charge in [0.2, 0.25) is 0 Å². The first-order valence-electron chi connectivity index (χ1n) is 16.8. The fourth-order valence-corrected chi connectivity index (χ4v) is 11.8. The van der Waals surface area contributed by atoms with Gasteiger partial charge in [0.25, 0.3) is 0 Å². The van der Waals surface area contributed by atoms with Crippen LogP contribution in [0, 0.1) is 0 Å². The van der Waals surface area contributed by atoms with E-state index >= 15 is 0 Å². The summed E-state index contributed by atoms with van der Waals surface area (Å²) < 4.78 is 2.64. The van der Waals surface area contributed by atoms with Crippen LogP contribution in [0.25, 0.3) is 29.9 Å². The van der Waals surface area contributed by atoms with Crippen LogP contribution in [0.3, 0.4) is 0 Å². The van der Waals surface area contributed by atoms with E-state index in [1.165, 1.54) is 63.6 Å². The van der Waals surface area contributed by atoms with Crippen LogP contribution in [-0.4, -0.2) is 0 Å². The molecule has 0 amide bonds. The van der Waals surface area contributed by atoms with E-state index in [0.717, 1.165) is 22.7 Å². The molecule has 4 heterocycles. The lowest BCUT2D eigenvalue weighted by molar-refractivity contribution is 0.758. The predicted molar refractivity (Wildman–Crippen MR) is 215 cm³/mol. The van der Waals surface area contributed by atoms with Gasteiger partial charge < -0.3 is 9.80 Å². The van der Waals surface area contributed by atoms with Crippen LogP contribution >= 0.6 is 34.0 Å². The van der Waals surface area contributed by atoms with Crippen LogP contribution < -0.4 is 9.80 Å². The van der Waals surface area contributed by atoms with E-state index in [9.17, 15) is 0 Å². The molecule has 2 nitrogen and oxygen atoms in total. The summed E-state index contributed by atoms with van der Waals surface area (Å²) in [5.74, 6) is 0. The lowest BCUT2D eigenvalue weighted by Crippen LogP contribution is -2.35. The Hall–Kier alpha value is -5.46. The van der Waals surface area contributed by atoms with Crippen molar-refractivity contribution in [1.82, 2.24) is 0 Å². The second-order valence-corrected chi connectivity index (χ2v) is 15.8. The van der Waals surface area contributed by atoms with Gasteiger partial charge in [0.1, 0.15) is 0 Å². The van der Waals surface area contributed by atoms with Crippen molar-refractivity contribution in [3.8, 4) is 9.75 Å². The number of benzene rings is 6. The molecule has 0 atom stereocenters. The molecule has 5 heteroatoms. The van der Waals surface area contributed by atoms with Crippen LogP contribution in [0.5, 0.6) is 0 Å². The Bertz CT molecular complexity index is 2660. The maximum atomic E-state index is 2.56. The van der Waals surface area contributed by atoms with Crippen molar-refractivity contribution in [2.24, 2.45) is 0 Å². The zero-order chi connectivity index (χ0) is 32.8. The molecule has 3 aromatic heterocycles. The van der Waals surface area contributed by atoms with E-state index in [1.807, 2.05) is 34.0 Å². The molecule has 6 aromatic carbocycles. The number of anilines is 6. The molecule has 0 unspecified atom stereocenters. The van der Waals surface area contributed by atoms with Gasteiger partial charge in [-0.3, -0.25) is 0 Å². The normalized spacial score (nSPS) is 13.7. The molecular formula is C45H28N2S3. The highest BCUT2D eigenvalue weighted by Crippen LogP contribution is 2.67. The topological polar surface area (TPSA) is 6.48 Å². The Morgan fingerprint density at radius 2 is 1.12 bits per heavy atom. The number of hydrogen-bond acceptors (Lipinski definition) is 5. The predicted octanol–water partition coefficient (Wildman–Crippen LogP) is 13.8. The van der Waals surface area contributed by atoms with Crippen LogP contribution in [0.15, 0.2) is 168 Å². The zero-order valence-electron chi connectivity index (χ0n) is 26.8. The van der Waals surface area contributed by atoms with Crippen molar-refractivity contribution in [3.05, 3.63) is 191 Å². The van der Waals surface area contributed by atoms with E-state index in [1.54, 1.807) is 0 Å². The summed E-state index contributed by atoms with van der Waals surface area (Å²) in [6, 6.07) is 58.1. The number of rotatable bonds is 4. The van der Waals surface area contributed by atoms with E-state index in [0.29, 0.717) is 0 Å². The van der Waals surface area contributed by atoms with E-state index in [2.05, 4.69) is 178 Å². The maximum Gasteiger partial charge on any atom is 0.0771 e. The van der Waals surface area contributed by atoms with E-state index in [4.69, 9.17) is 0 Å². The van der Waals surface area contributed by atoms with Crippen LogP contribution in [-0.2, 0) is 5.41 Å². The Balaban J connectivity index is 1.23. The first kappa shape index (κ1) is 28.4. The molecule has 1 spiro atoms. The highest BCUT2D eigenvalue weighted by atomic mass is 32.1. The summed E-state index contributed by atoms with van der Waals surface area (Å²) in [6.45, 7) is 0. The SMILES string of the molecule is c1ccc(N(c2ccccc2)c2cccc(N3c4ccccc4C4(c5ccsc5-c5sccc54)c4ccc5c(sc6ccccc65)c43)c2)cc1. The highest BCUT2D eigenvalue weighted by Gasteiger charge is 2.53. The third-order valence-corrected chi connectivity index (χ3v) is 13.6. The van der Waals surface area contributed by atoms with Crippen molar-refractivity contribution in [2.75, 3.05) is 9.80 Å². The average Bonchev–Trinajstić information content (AvgIpc) is 3.97. The van der Waals surface area contributed by atoms with Crippen molar-refractivity contribution in [3.63, 3.8) is 0 Å². The molecule has 9 aromatic rings. The number of thiophene rings is 3. The van der Waals surface area contributed by atoms with Gasteiger partial charge in [0, 0.05) is 48.0 Å². The molecule has 50 heavy (non-hydrogen) atoms. The molecule has 2 aliphatic rings. The number of nitrogens with zero attached hydrogens (tertiary/aromatic N) is 2. The molecule has 0 fully saturated rings. The van der Waals surface area contributed by atoms with Gasteiger partial charge in [-0.1, -0.05) is 91.0 Å². The summed E-state index contributed by atoms with van der Waals surface area (Å²) in [7, 11) is 0. The summed E-state index contributed by atoms with van der Waals surface area (Å²) >= 11 is 5.67. The van der Waals surface area contributed by atoms with Gasteiger partial charge in [-0.25, -0.2) is 0 Å². The quantitative estimate of drug-likeness (QED) is 0.181. The zero-order valence-corrected chi connectivity index (χ0v) is 29.2. The lowest BCUT2D eigenvalue weighted by Gasteiger charge is -2.44. The molecule has 236 valence electrons. The minimum Gasteiger partial charge on any atom is -0.310 e. The summed E-state index contributed by atoms with van der Waals surface area (Å²) in [4.78, 5) is 7.73. The van der Waals surface area contributed by atoms with Gasteiger partial charge >= 0.3 is 0 Å². The van der Waals surface area contributed by atoms with Crippen LogP contribution in [0.1, 0.15) is 22.3 Å². The summed E-state index contributed by atoms with van der Waals surface area (Å²) in [5.41, 5.74) is 12.1. The summed E-state index contributed by atoms with van der Waals surface area (Å²) in [6.07, 6.45) is 0. The van der Waals surface area contributed by atoms with Gasteiger partial charge in [-0.2, -0.15) is 0 Å². The first-order chi connectivity index (χ1) is 24.8. The van der Waals surface area contributed by atoms with Gasteiger partial charge in [-0.05, 0) is 99.7 Å². The van der Waals surface area contributed by atoms with Crippen molar-refractivity contribution in [2.45, 2.75) is 5.41 Å². The minimum atomic E-state index is -0.394. The number of fused-ring (bicyclic) bond motifs is 13. The Morgan fingerprint density at radius 3 is 1.86 bits per heavy atom. The van der Waals surface area contributed by atoms with Gasteiger partial charge in [-0.15, -0.1) is 34.0 Å². The molecule has 11 rings (SSSR count). The summed E-state index contributed by atoms with van der Waals surface area (Å²) in [5, 5.41) is 7.19. The molecule has 0 N–H and O–H groups in total. The second-order valence-electron chi connectivity index (χ2n) is 12.9. The van der Waals surface area contributed by atoms with Crippen molar-refractivity contribution >= 4 is 88.3 Å². The fourth-order valence-electron chi connectivity index (χ4n) is 8.48. The third kappa shape index (κ3) is 3.77. The molecule has 0 saturated heterocycles. The molecule has 0 saturated carbocycles. The Labute approximate surface area is 302 Å². The van der Waals surface area contributed by atoms with Crippen molar-refractivity contribution in [1.29, 1.82) is 0 Å². The van der Waals surface area contributed by atoms with Gasteiger partial charge in [0.05, 0.1) is 21.5 Å². The largest absolute Gasteiger partial charge is 0.310 e. The van der Waals surface area contributed by atoms with Crippen LogP contribution in [0.2, 0.25) is 0 Å². The van der Waals surface area contributed by atoms with Crippen LogP contribution in [0.4, 0.5) is 34.1 Å². The molecular weight excluding hydrogens is 665 g/mol. The Morgan fingerprint density at radius 1 is 0.480 bits per heavy atom. The third-order valence-electron chi connectivity index (χ3n) is 10.4. The average molecular weight is 693 g/mol. The number of para-hydroxylation sites is 3. The van der Waals surface area contributed by atoms with Crippen molar-refractivity contribution < 1.29 is 0 Å². The smallest absolute Gasteiger partial charge is 0.0771 e. The maximum absolute atomic E-state index is 2.56. The Kier molecular flexibility index (Phi) is 6.11. The number of hydrogen-bond donors (Lipinski definition) is 0. The fraction of sp³-hybridized carbons (Fsp3) is 0.0222. The van der Waals surface area contributed by atoms with E-state index in [-0.39, 0.29) is 0 Å². The molecule has 1 aliphatic heterocycles. The van der Waals surface area contributed by atoms with E-state index < -0.39 is 5.41 Å².